The van der Waals surface area contributed by atoms with Gasteiger partial charge < -0.3 is 4.57 Å². The van der Waals surface area contributed by atoms with Crippen molar-refractivity contribution in [3.05, 3.63) is 57.4 Å². The van der Waals surface area contributed by atoms with E-state index in [1.54, 1.807) is 30.1 Å². The first-order valence-corrected chi connectivity index (χ1v) is 8.00. The molecule has 0 aliphatic heterocycles. The van der Waals surface area contributed by atoms with Crippen molar-refractivity contribution >= 4 is 22.5 Å². The molecule has 0 unspecified atom stereocenters. The van der Waals surface area contributed by atoms with E-state index < -0.39 is 0 Å². The topological polar surface area (TPSA) is 47.8 Å². The third-order valence-corrected chi connectivity index (χ3v) is 4.25. The van der Waals surface area contributed by atoms with Gasteiger partial charge in [0.15, 0.2) is 0 Å². The maximum absolute atomic E-state index is 12.7. The summed E-state index contributed by atoms with van der Waals surface area (Å²) in [7, 11) is 1.75. The first-order chi connectivity index (χ1) is 11.0. The monoisotopic (exact) mass is 327 g/mol. The molecular formula is C18H18ClN3O. The summed E-state index contributed by atoms with van der Waals surface area (Å²) in [5, 5.41) is 1.26. The number of aromatic nitrogens is 3. The Morgan fingerprint density at radius 3 is 2.61 bits per heavy atom. The van der Waals surface area contributed by atoms with Crippen LogP contribution >= 0.6 is 11.6 Å². The molecule has 3 aromatic heterocycles. The molecule has 0 bridgehead atoms. The summed E-state index contributed by atoms with van der Waals surface area (Å²) in [5.41, 5.74) is 4.32. The lowest BCUT2D eigenvalue weighted by atomic mass is 10.0. The molecule has 0 spiro atoms. The highest BCUT2D eigenvalue weighted by Gasteiger charge is 2.12. The fraction of sp³-hybridized carbons (Fsp3) is 0.278. The standard InChI is InChI=1S/C18H18ClN3O/c1-4-5-13-6-11(2)15(10-20-13)14-7-12-9-21-17(19)8-16(12)22(3)18(14)23/h6-10H,4-5H2,1-3H3. The Kier molecular flexibility index (Phi) is 4.18. The smallest absolute Gasteiger partial charge is 0.258 e. The number of hydrogen-bond donors (Lipinski definition) is 0. The molecule has 3 rings (SSSR count). The highest BCUT2D eigenvalue weighted by Crippen LogP contribution is 2.24. The number of rotatable bonds is 3. The molecule has 23 heavy (non-hydrogen) atoms. The Labute approximate surface area is 139 Å². The van der Waals surface area contributed by atoms with Crippen molar-refractivity contribution in [2.75, 3.05) is 0 Å². The number of pyridine rings is 3. The third-order valence-electron chi connectivity index (χ3n) is 4.04. The van der Waals surface area contributed by atoms with E-state index >= 15 is 0 Å². The van der Waals surface area contributed by atoms with Gasteiger partial charge >= 0.3 is 0 Å². The van der Waals surface area contributed by atoms with Crippen LogP contribution in [0.4, 0.5) is 0 Å². The normalized spacial score (nSPS) is 11.1. The van der Waals surface area contributed by atoms with Crippen LogP contribution in [0.3, 0.4) is 0 Å². The average Bonchev–Trinajstić information content (AvgIpc) is 2.52. The lowest BCUT2D eigenvalue weighted by molar-refractivity contribution is 0.879. The SMILES string of the molecule is CCCc1cc(C)c(-c2cc3cnc(Cl)cc3n(C)c2=O)cn1. The van der Waals surface area contributed by atoms with Crippen LogP contribution < -0.4 is 5.56 Å². The molecule has 0 aliphatic rings. The van der Waals surface area contributed by atoms with Crippen molar-refractivity contribution in [1.82, 2.24) is 14.5 Å². The van der Waals surface area contributed by atoms with E-state index in [1.165, 1.54) is 0 Å². The second-order valence-corrected chi connectivity index (χ2v) is 6.12. The molecule has 0 radical (unpaired) electrons. The first kappa shape index (κ1) is 15.7. The van der Waals surface area contributed by atoms with Gasteiger partial charge in [0.25, 0.3) is 5.56 Å². The van der Waals surface area contributed by atoms with Gasteiger partial charge in [-0.15, -0.1) is 0 Å². The maximum Gasteiger partial charge on any atom is 0.258 e. The molecule has 0 fully saturated rings. The lowest BCUT2D eigenvalue weighted by Gasteiger charge is -2.11. The van der Waals surface area contributed by atoms with E-state index in [4.69, 9.17) is 11.6 Å². The van der Waals surface area contributed by atoms with E-state index in [0.717, 1.165) is 40.6 Å². The Morgan fingerprint density at radius 1 is 1.13 bits per heavy atom. The van der Waals surface area contributed by atoms with Crippen molar-refractivity contribution in [1.29, 1.82) is 0 Å². The highest BCUT2D eigenvalue weighted by molar-refractivity contribution is 6.30. The van der Waals surface area contributed by atoms with Gasteiger partial charge in [0.05, 0.1) is 5.52 Å². The summed E-state index contributed by atoms with van der Waals surface area (Å²) in [5.74, 6) is 0. The van der Waals surface area contributed by atoms with Gasteiger partial charge in [0, 0.05) is 41.6 Å². The molecule has 5 heteroatoms. The number of nitrogens with zero attached hydrogens (tertiary/aromatic N) is 3. The number of hydrogen-bond acceptors (Lipinski definition) is 3. The summed E-state index contributed by atoms with van der Waals surface area (Å²) >= 11 is 5.94. The van der Waals surface area contributed by atoms with Crippen molar-refractivity contribution in [2.24, 2.45) is 7.05 Å². The van der Waals surface area contributed by atoms with Gasteiger partial charge in [-0.3, -0.25) is 9.78 Å². The highest BCUT2D eigenvalue weighted by atomic mass is 35.5. The number of aryl methyl sites for hydroxylation is 3. The zero-order chi connectivity index (χ0) is 16.6. The molecule has 0 aromatic carbocycles. The minimum absolute atomic E-state index is 0.0621. The fourth-order valence-electron chi connectivity index (χ4n) is 2.82. The van der Waals surface area contributed by atoms with Crippen molar-refractivity contribution in [3.63, 3.8) is 0 Å². The van der Waals surface area contributed by atoms with Crippen LogP contribution in [0.15, 0.2) is 35.4 Å². The quantitative estimate of drug-likeness (QED) is 0.685. The molecule has 4 nitrogen and oxygen atoms in total. The molecule has 3 aromatic rings. The largest absolute Gasteiger partial charge is 0.311 e. The van der Waals surface area contributed by atoms with Crippen LogP contribution in [0.2, 0.25) is 5.15 Å². The van der Waals surface area contributed by atoms with Gasteiger partial charge in [0.2, 0.25) is 0 Å². The van der Waals surface area contributed by atoms with Gasteiger partial charge in [-0.2, -0.15) is 0 Å². The number of halogens is 1. The van der Waals surface area contributed by atoms with Crippen LogP contribution in [-0.4, -0.2) is 14.5 Å². The Morgan fingerprint density at radius 2 is 1.91 bits per heavy atom. The summed E-state index contributed by atoms with van der Waals surface area (Å²) < 4.78 is 1.61. The van der Waals surface area contributed by atoms with Gasteiger partial charge in [-0.25, -0.2) is 4.98 Å². The maximum atomic E-state index is 12.7. The lowest BCUT2D eigenvalue weighted by Crippen LogP contribution is -2.19. The van der Waals surface area contributed by atoms with Crippen LogP contribution in [0.25, 0.3) is 22.0 Å². The minimum atomic E-state index is -0.0621. The molecule has 0 aliphatic carbocycles. The minimum Gasteiger partial charge on any atom is -0.311 e. The molecule has 118 valence electrons. The van der Waals surface area contributed by atoms with Crippen LogP contribution in [0.5, 0.6) is 0 Å². The van der Waals surface area contributed by atoms with Gasteiger partial charge in [0.1, 0.15) is 5.15 Å². The van der Waals surface area contributed by atoms with Crippen LogP contribution in [-0.2, 0) is 13.5 Å². The zero-order valence-electron chi connectivity index (χ0n) is 13.4. The summed E-state index contributed by atoms with van der Waals surface area (Å²) in [6.45, 7) is 4.14. The molecule has 3 heterocycles. The van der Waals surface area contributed by atoms with Crippen molar-refractivity contribution in [3.8, 4) is 11.1 Å². The predicted molar refractivity (Wildman–Crippen MR) is 94.0 cm³/mol. The van der Waals surface area contributed by atoms with E-state index in [2.05, 4.69) is 23.0 Å². The second kappa shape index (κ2) is 6.13. The molecule has 0 amide bonds. The summed E-state index contributed by atoms with van der Waals surface area (Å²) in [6.07, 6.45) is 5.48. The van der Waals surface area contributed by atoms with Crippen LogP contribution in [0, 0.1) is 6.92 Å². The molecule has 0 atom stereocenters. The van der Waals surface area contributed by atoms with Gasteiger partial charge in [-0.1, -0.05) is 24.9 Å². The Bertz CT molecular complexity index is 947. The average molecular weight is 328 g/mol. The van der Waals surface area contributed by atoms with Crippen molar-refractivity contribution < 1.29 is 0 Å². The van der Waals surface area contributed by atoms with E-state index in [0.29, 0.717) is 10.7 Å². The zero-order valence-corrected chi connectivity index (χ0v) is 14.2. The first-order valence-electron chi connectivity index (χ1n) is 7.62. The van der Waals surface area contributed by atoms with E-state index in [1.807, 2.05) is 13.0 Å². The van der Waals surface area contributed by atoms with Crippen LogP contribution in [0.1, 0.15) is 24.6 Å². The third kappa shape index (κ3) is 2.86. The molecular weight excluding hydrogens is 310 g/mol. The molecule has 0 saturated heterocycles. The summed E-state index contributed by atoms with van der Waals surface area (Å²) in [4.78, 5) is 21.3. The summed E-state index contributed by atoms with van der Waals surface area (Å²) in [6, 6.07) is 5.63. The Hall–Kier alpha value is -2.20. The van der Waals surface area contributed by atoms with Crippen molar-refractivity contribution in [2.45, 2.75) is 26.7 Å². The van der Waals surface area contributed by atoms with E-state index in [9.17, 15) is 4.79 Å². The predicted octanol–water partition coefficient (Wildman–Crippen LogP) is 3.91. The second-order valence-electron chi connectivity index (χ2n) is 5.73. The molecule has 0 N–H and O–H groups in total. The fourth-order valence-corrected chi connectivity index (χ4v) is 2.97. The number of fused-ring (bicyclic) bond motifs is 1. The van der Waals surface area contributed by atoms with E-state index in [-0.39, 0.29) is 5.56 Å². The Balaban J connectivity index is 2.23. The molecule has 0 saturated carbocycles. The van der Waals surface area contributed by atoms with Gasteiger partial charge in [-0.05, 0) is 37.1 Å².